The lowest BCUT2D eigenvalue weighted by Gasteiger charge is -2.17. The highest BCUT2D eigenvalue weighted by Gasteiger charge is 2.22. The molecule has 3 aromatic heterocycles. The number of aromatic nitrogens is 3. The van der Waals surface area contributed by atoms with Crippen LogP contribution in [-0.4, -0.2) is 13.7 Å². The van der Waals surface area contributed by atoms with Gasteiger partial charge in [0.2, 0.25) is 0 Å². The Bertz CT molecular complexity index is 3360. The molecule has 0 aliphatic rings. The fraction of sp³-hybridized carbons (Fsp3) is 0. The molecule has 0 bridgehead atoms. The summed E-state index contributed by atoms with van der Waals surface area (Å²) in [5.74, 6) is 0. The zero-order valence-electron chi connectivity index (χ0n) is 29.5. The van der Waals surface area contributed by atoms with Crippen molar-refractivity contribution in [2.45, 2.75) is 0 Å². The van der Waals surface area contributed by atoms with Gasteiger partial charge in [-0.2, -0.15) is 10.5 Å². The molecule has 5 heteroatoms. The van der Waals surface area contributed by atoms with E-state index in [0.717, 1.165) is 72.1 Å². The van der Waals surface area contributed by atoms with Gasteiger partial charge in [0.1, 0.15) is 0 Å². The van der Waals surface area contributed by atoms with Gasteiger partial charge in [0.05, 0.1) is 67.7 Å². The van der Waals surface area contributed by atoms with E-state index < -0.39 is 0 Å². The van der Waals surface area contributed by atoms with Gasteiger partial charge in [0.15, 0.2) is 0 Å². The van der Waals surface area contributed by atoms with Gasteiger partial charge in [-0.25, -0.2) is 0 Å². The third kappa shape index (κ3) is 4.39. The molecule has 0 atom stereocenters. The van der Waals surface area contributed by atoms with Gasteiger partial charge >= 0.3 is 0 Å². The second-order valence-electron chi connectivity index (χ2n) is 14.0. The molecule has 0 N–H and O–H groups in total. The average molecular weight is 700 g/mol. The third-order valence-corrected chi connectivity index (χ3v) is 11.1. The van der Waals surface area contributed by atoms with Crippen LogP contribution in [0, 0.1) is 22.7 Å². The van der Waals surface area contributed by atoms with Crippen LogP contribution in [0.2, 0.25) is 0 Å². The Morgan fingerprint density at radius 1 is 0.345 bits per heavy atom. The first-order chi connectivity index (χ1) is 27.2. The molecule has 0 saturated carbocycles. The van der Waals surface area contributed by atoms with Gasteiger partial charge in [-0.3, -0.25) is 0 Å². The van der Waals surface area contributed by atoms with Crippen molar-refractivity contribution in [1.29, 1.82) is 10.5 Å². The first kappa shape index (κ1) is 30.7. The second kappa shape index (κ2) is 11.8. The fourth-order valence-electron chi connectivity index (χ4n) is 8.83. The predicted molar refractivity (Wildman–Crippen MR) is 224 cm³/mol. The smallest absolute Gasteiger partial charge is 0.0998 e. The van der Waals surface area contributed by atoms with Crippen LogP contribution in [0.1, 0.15) is 11.1 Å². The molecule has 254 valence electrons. The number of hydrogen-bond donors (Lipinski definition) is 0. The molecule has 0 aliphatic heterocycles. The van der Waals surface area contributed by atoms with Gasteiger partial charge in [-0.05, 0) is 66.7 Å². The molecular weight excluding hydrogens is 671 g/mol. The van der Waals surface area contributed by atoms with Crippen molar-refractivity contribution in [2.75, 3.05) is 0 Å². The summed E-state index contributed by atoms with van der Waals surface area (Å²) in [4.78, 5) is 0. The number of para-hydroxylation sites is 6. The summed E-state index contributed by atoms with van der Waals surface area (Å²) >= 11 is 0. The van der Waals surface area contributed by atoms with E-state index in [9.17, 15) is 10.5 Å². The summed E-state index contributed by atoms with van der Waals surface area (Å²) < 4.78 is 6.91. The van der Waals surface area contributed by atoms with Crippen LogP contribution in [0.4, 0.5) is 0 Å². The predicted octanol–water partition coefficient (Wildman–Crippen LogP) is 12.4. The van der Waals surface area contributed by atoms with Crippen molar-refractivity contribution in [3.05, 3.63) is 187 Å². The largest absolute Gasteiger partial charge is 0.309 e. The Morgan fingerprint density at radius 3 is 1.45 bits per heavy atom. The minimum absolute atomic E-state index is 0.573. The molecule has 55 heavy (non-hydrogen) atoms. The van der Waals surface area contributed by atoms with Crippen LogP contribution in [0.3, 0.4) is 0 Å². The second-order valence-corrected chi connectivity index (χ2v) is 14.0. The van der Waals surface area contributed by atoms with Crippen molar-refractivity contribution in [3.8, 4) is 40.3 Å². The summed E-state index contributed by atoms with van der Waals surface area (Å²) in [6.07, 6.45) is 0. The SMILES string of the molecule is N#Cc1ccc2c(c1)c1cccc(-n3c4ccccc4c4ccccc43)c1n2-c1ccc(-c2ccccc2-n2c3ccccc3c3ccccc32)c(C#N)c1. The third-order valence-electron chi connectivity index (χ3n) is 11.1. The van der Waals surface area contributed by atoms with Crippen LogP contribution in [0.15, 0.2) is 176 Å². The van der Waals surface area contributed by atoms with Gasteiger partial charge in [0.25, 0.3) is 0 Å². The summed E-state index contributed by atoms with van der Waals surface area (Å²) in [5, 5.41) is 27.6. The summed E-state index contributed by atoms with van der Waals surface area (Å²) in [6, 6.07) is 65.8. The van der Waals surface area contributed by atoms with E-state index in [1.807, 2.05) is 30.3 Å². The van der Waals surface area contributed by atoms with Crippen LogP contribution in [-0.2, 0) is 0 Å². The number of fused-ring (bicyclic) bond motifs is 9. The van der Waals surface area contributed by atoms with E-state index in [-0.39, 0.29) is 0 Å². The Hall–Kier alpha value is -7.86. The Morgan fingerprint density at radius 2 is 0.855 bits per heavy atom. The molecule has 3 heterocycles. The molecule has 8 aromatic carbocycles. The first-order valence-electron chi connectivity index (χ1n) is 18.3. The lowest BCUT2D eigenvalue weighted by Crippen LogP contribution is -2.02. The molecule has 0 amide bonds. The molecule has 0 fully saturated rings. The molecule has 0 unspecified atom stereocenters. The van der Waals surface area contributed by atoms with Crippen molar-refractivity contribution >= 4 is 65.4 Å². The van der Waals surface area contributed by atoms with E-state index >= 15 is 0 Å². The highest BCUT2D eigenvalue weighted by atomic mass is 15.1. The van der Waals surface area contributed by atoms with E-state index in [0.29, 0.717) is 11.1 Å². The van der Waals surface area contributed by atoms with E-state index in [2.05, 4.69) is 171 Å². The van der Waals surface area contributed by atoms with Crippen LogP contribution >= 0.6 is 0 Å². The molecular formula is C50H29N5. The molecule has 11 rings (SSSR count). The molecule has 0 aliphatic carbocycles. The fourth-order valence-corrected chi connectivity index (χ4v) is 8.83. The van der Waals surface area contributed by atoms with Crippen molar-refractivity contribution in [3.63, 3.8) is 0 Å². The van der Waals surface area contributed by atoms with Crippen molar-refractivity contribution in [2.24, 2.45) is 0 Å². The quantitative estimate of drug-likeness (QED) is 0.184. The molecule has 0 radical (unpaired) electrons. The lowest BCUT2D eigenvalue weighted by atomic mass is 9.97. The summed E-state index contributed by atoms with van der Waals surface area (Å²) in [6.45, 7) is 0. The Labute approximate surface area is 316 Å². The molecule has 0 saturated heterocycles. The van der Waals surface area contributed by atoms with Gasteiger partial charge < -0.3 is 13.7 Å². The first-order valence-corrected chi connectivity index (χ1v) is 18.3. The average Bonchev–Trinajstić information content (AvgIpc) is 3.89. The van der Waals surface area contributed by atoms with Crippen molar-refractivity contribution < 1.29 is 0 Å². The highest BCUT2D eigenvalue weighted by Crippen LogP contribution is 2.42. The summed E-state index contributed by atoms with van der Waals surface area (Å²) in [7, 11) is 0. The van der Waals surface area contributed by atoms with Gasteiger partial charge in [-0.1, -0.05) is 109 Å². The standard InChI is InChI=1S/C50H29N5/c51-30-32-24-27-48-42(28-32)41-17-11-23-49(55-46-21-9-4-15-39(46)40-16-5-10-22-47(40)55)50(41)53(48)34-25-26-35(33(29-34)31-52)36-12-1-6-18-43(36)54-44-19-7-2-13-37(44)38-14-3-8-20-45(38)54/h1-29H. The van der Waals surface area contributed by atoms with Crippen LogP contribution in [0.25, 0.3) is 93.6 Å². The monoisotopic (exact) mass is 699 g/mol. The number of nitrogens with zero attached hydrogens (tertiary/aromatic N) is 5. The molecule has 5 nitrogen and oxygen atoms in total. The van der Waals surface area contributed by atoms with E-state index in [1.54, 1.807) is 0 Å². The zero-order valence-corrected chi connectivity index (χ0v) is 29.5. The topological polar surface area (TPSA) is 62.4 Å². The van der Waals surface area contributed by atoms with E-state index in [4.69, 9.17) is 0 Å². The van der Waals surface area contributed by atoms with Crippen LogP contribution < -0.4 is 0 Å². The minimum Gasteiger partial charge on any atom is -0.309 e. The molecule has 0 spiro atoms. The van der Waals surface area contributed by atoms with Gasteiger partial charge in [0, 0.05) is 49.1 Å². The Kier molecular flexibility index (Phi) is 6.61. The molecule has 11 aromatic rings. The maximum absolute atomic E-state index is 10.9. The van der Waals surface area contributed by atoms with Crippen molar-refractivity contribution in [1.82, 2.24) is 13.7 Å². The van der Waals surface area contributed by atoms with E-state index in [1.165, 1.54) is 21.5 Å². The number of nitriles is 2. The maximum Gasteiger partial charge on any atom is 0.0998 e. The summed E-state index contributed by atoms with van der Waals surface area (Å²) in [5.41, 5.74) is 12.3. The minimum atomic E-state index is 0.573. The Balaban J connectivity index is 1.19. The zero-order chi connectivity index (χ0) is 36.6. The lowest BCUT2D eigenvalue weighted by molar-refractivity contribution is 1.13. The van der Waals surface area contributed by atoms with Crippen LogP contribution in [0.5, 0.6) is 0 Å². The maximum atomic E-state index is 10.9. The van der Waals surface area contributed by atoms with Gasteiger partial charge in [-0.15, -0.1) is 0 Å². The highest BCUT2D eigenvalue weighted by molar-refractivity contribution is 6.15. The number of hydrogen-bond acceptors (Lipinski definition) is 2. The normalized spacial score (nSPS) is 11.6. The number of rotatable bonds is 4. The number of benzene rings is 8.